The van der Waals surface area contributed by atoms with Gasteiger partial charge in [0.1, 0.15) is 12.3 Å². The zero-order valence-electron chi connectivity index (χ0n) is 9.65. The van der Waals surface area contributed by atoms with Gasteiger partial charge in [-0.05, 0) is 18.2 Å². The van der Waals surface area contributed by atoms with Crippen LogP contribution in [-0.4, -0.2) is 25.8 Å². The van der Waals surface area contributed by atoms with Gasteiger partial charge in [0.05, 0.1) is 16.2 Å². The van der Waals surface area contributed by atoms with Crippen LogP contribution in [0.2, 0.25) is 0 Å². The lowest BCUT2D eigenvalue weighted by Gasteiger charge is -2.03. The van der Waals surface area contributed by atoms with Crippen LogP contribution in [0.3, 0.4) is 0 Å². The van der Waals surface area contributed by atoms with Crippen molar-refractivity contribution in [1.82, 2.24) is 9.78 Å². The summed E-state index contributed by atoms with van der Waals surface area (Å²) in [6.07, 6.45) is 0.966. The average molecular weight is 337 g/mol. The number of aromatic nitrogens is 2. The molecular weight excluding hydrogens is 332 g/mol. The van der Waals surface area contributed by atoms with E-state index in [1.165, 1.54) is 12.1 Å². The van der Waals surface area contributed by atoms with E-state index < -0.39 is 22.3 Å². The van der Waals surface area contributed by atoms with E-state index in [4.69, 9.17) is 10.4 Å². The molecule has 1 aromatic heterocycles. The number of aromatic carboxylic acids is 1. The number of carboxylic acids is 1. The molecule has 0 fully saturated rings. The normalized spacial score (nSPS) is 10.0. The van der Waals surface area contributed by atoms with Gasteiger partial charge in [-0.2, -0.15) is 10.4 Å². The Kier molecular flexibility index (Phi) is 3.49. The first-order valence-electron chi connectivity index (χ1n) is 5.11. The summed E-state index contributed by atoms with van der Waals surface area (Å²) in [5.74, 6) is -1.51. The minimum Gasteiger partial charge on any atom is -0.476 e. The van der Waals surface area contributed by atoms with Crippen LogP contribution < -0.4 is 0 Å². The van der Waals surface area contributed by atoms with Crippen molar-refractivity contribution >= 4 is 27.6 Å². The molecule has 0 aliphatic heterocycles. The lowest BCUT2D eigenvalue weighted by molar-refractivity contribution is -0.385. The van der Waals surface area contributed by atoms with Gasteiger partial charge in [-0.25, -0.2) is 9.48 Å². The monoisotopic (exact) mass is 336 g/mol. The molecule has 2 rings (SSSR count). The van der Waals surface area contributed by atoms with E-state index in [-0.39, 0.29) is 11.3 Å². The Balaban J connectivity index is 2.66. The number of rotatable bonds is 3. The molecular formula is C11H5BrN4O4. The summed E-state index contributed by atoms with van der Waals surface area (Å²) in [6, 6.07) is 6.54. The van der Waals surface area contributed by atoms with Gasteiger partial charge in [-0.15, -0.1) is 0 Å². The van der Waals surface area contributed by atoms with Crippen molar-refractivity contribution in [2.24, 2.45) is 0 Å². The number of benzene rings is 1. The van der Waals surface area contributed by atoms with Gasteiger partial charge in [0.2, 0.25) is 5.69 Å². The van der Waals surface area contributed by atoms with E-state index in [2.05, 4.69) is 21.0 Å². The highest BCUT2D eigenvalue weighted by molar-refractivity contribution is 9.10. The fourth-order valence-electron chi connectivity index (χ4n) is 1.57. The zero-order valence-corrected chi connectivity index (χ0v) is 11.2. The molecule has 1 N–H and O–H groups in total. The third-order valence-corrected chi connectivity index (χ3v) is 2.91. The summed E-state index contributed by atoms with van der Waals surface area (Å²) < 4.78 is 1.66. The zero-order chi connectivity index (χ0) is 14.9. The molecule has 0 radical (unpaired) electrons. The quantitative estimate of drug-likeness (QED) is 0.676. The third kappa shape index (κ3) is 2.36. The molecule has 0 aliphatic carbocycles. The average Bonchev–Trinajstić information content (AvgIpc) is 2.83. The molecule has 0 bridgehead atoms. The van der Waals surface area contributed by atoms with E-state index >= 15 is 0 Å². The lowest BCUT2D eigenvalue weighted by Crippen LogP contribution is -2.03. The smallest absolute Gasteiger partial charge is 0.363 e. The molecule has 1 aromatic carbocycles. The van der Waals surface area contributed by atoms with Crippen LogP contribution in [0, 0.1) is 21.4 Å². The Morgan fingerprint density at radius 1 is 1.55 bits per heavy atom. The number of nitrogens with zero attached hydrogens (tertiary/aromatic N) is 4. The van der Waals surface area contributed by atoms with E-state index in [1.54, 1.807) is 6.07 Å². The van der Waals surface area contributed by atoms with Crippen molar-refractivity contribution in [3.63, 3.8) is 0 Å². The third-order valence-electron chi connectivity index (χ3n) is 2.42. The highest BCUT2D eigenvalue weighted by Crippen LogP contribution is 2.23. The van der Waals surface area contributed by atoms with Crippen molar-refractivity contribution in [3.05, 3.63) is 50.2 Å². The second-order valence-electron chi connectivity index (χ2n) is 3.64. The Labute approximate surface area is 120 Å². The molecule has 0 unspecified atom stereocenters. The standard InChI is InChI=1S/C11H5BrN4O4/c12-7-1-2-8(6(3-7)4-13)15-5-9(16(19)20)10(14-15)11(17)18/h1-3,5H,(H,17,18). The summed E-state index contributed by atoms with van der Waals surface area (Å²) in [7, 11) is 0. The highest BCUT2D eigenvalue weighted by atomic mass is 79.9. The number of nitro groups is 1. The molecule has 100 valence electrons. The van der Waals surface area contributed by atoms with Crippen LogP contribution in [-0.2, 0) is 0 Å². The number of nitriles is 1. The Bertz CT molecular complexity index is 731. The van der Waals surface area contributed by atoms with Crippen LogP contribution in [0.15, 0.2) is 28.9 Å². The minimum absolute atomic E-state index is 0.203. The largest absolute Gasteiger partial charge is 0.476 e. The van der Waals surface area contributed by atoms with Gasteiger partial charge in [0, 0.05) is 4.47 Å². The molecule has 9 heteroatoms. The SMILES string of the molecule is N#Cc1cc(Br)ccc1-n1cc([N+](=O)[O-])c(C(=O)O)n1. The Morgan fingerprint density at radius 3 is 2.75 bits per heavy atom. The number of halogens is 1. The molecule has 0 saturated heterocycles. The van der Waals surface area contributed by atoms with Crippen LogP contribution in [0.1, 0.15) is 16.1 Å². The molecule has 0 aliphatic rings. The van der Waals surface area contributed by atoms with E-state index in [0.29, 0.717) is 4.47 Å². The topological polar surface area (TPSA) is 122 Å². The van der Waals surface area contributed by atoms with Gasteiger partial charge in [-0.3, -0.25) is 10.1 Å². The molecule has 0 amide bonds. The molecule has 0 spiro atoms. The molecule has 2 aromatic rings. The van der Waals surface area contributed by atoms with Gasteiger partial charge >= 0.3 is 11.7 Å². The maximum atomic E-state index is 10.9. The molecule has 1 heterocycles. The van der Waals surface area contributed by atoms with Gasteiger partial charge in [0.25, 0.3) is 0 Å². The second-order valence-corrected chi connectivity index (χ2v) is 4.56. The van der Waals surface area contributed by atoms with Gasteiger partial charge in [-0.1, -0.05) is 15.9 Å². The number of hydrogen-bond acceptors (Lipinski definition) is 5. The van der Waals surface area contributed by atoms with Crippen molar-refractivity contribution in [3.8, 4) is 11.8 Å². The first-order valence-corrected chi connectivity index (χ1v) is 5.90. The minimum atomic E-state index is -1.51. The first-order chi connectivity index (χ1) is 9.43. The van der Waals surface area contributed by atoms with Crippen LogP contribution in [0.25, 0.3) is 5.69 Å². The Hall–Kier alpha value is -2.73. The van der Waals surface area contributed by atoms with Crippen molar-refractivity contribution in [1.29, 1.82) is 5.26 Å². The summed E-state index contributed by atoms with van der Waals surface area (Å²) in [4.78, 5) is 20.9. The molecule has 8 nitrogen and oxygen atoms in total. The lowest BCUT2D eigenvalue weighted by atomic mass is 10.2. The van der Waals surface area contributed by atoms with Crippen LogP contribution in [0.4, 0.5) is 5.69 Å². The maximum absolute atomic E-state index is 10.9. The maximum Gasteiger partial charge on any atom is 0.363 e. The molecule has 0 atom stereocenters. The highest BCUT2D eigenvalue weighted by Gasteiger charge is 2.26. The van der Waals surface area contributed by atoms with Crippen LogP contribution >= 0.6 is 15.9 Å². The van der Waals surface area contributed by atoms with Crippen molar-refractivity contribution in [2.75, 3.05) is 0 Å². The van der Waals surface area contributed by atoms with E-state index in [0.717, 1.165) is 10.9 Å². The summed E-state index contributed by atoms with van der Waals surface area (Å²) >= 11 is 3.19. The first kappa shape index (κ1) is 13.7. The summed E-state index contributed by atoms with van der Waals surface area (Å²) in [5, 5.41) is 32.4. The predicted octanol–water partition coefficient (Wildman–Crippen LogP) is 2.11. The fourth-order valence-corrected chi connectivity index (χ4v) is 1.93. The van der Waals surface area contributed by atoms with Crippen molar-refractivity contribution < 1.29 is 14.8 Å². The second kappa shape index (κ2) is 5.10. The number of carboxylic acid groups (broad SMARTS) is 1. The van der Waals surface area contributed by atoms with Gasteiger partial charge in [0.15, 0.2) is 0 Å². The summed E-state index contributed by atoms with van der Waals surface area (Å²) in [6.45, 7) is 0. The predicted molar refractivity (Wildman–Crippen MR) is 69.6 cm³/mol. The van der Waals surface area contributed by atoms with Crippen molar-refractivity contribution in [2.45, 2.75) is 0 Å². The number of carbonyl (C=O) groups is 1. The van der Waals surface area contributed by atoms with Crippen LogP contribution in [0.5, 0.6) is 0 Å². The Morgan fingerprint density at radius 2 is 2.25 bits per heavy atom. The molecule has 0 saturated carbocycles. The van der Waals surface area contributed by atoms with Gasteiger partial charge < -0.3 is 5.11 Å². The van der Waals surface area contributed by atoms with E-state index in [9.17, 15) is 14.9 Å². The number of hydrogen-bond donors (Lipinski definition) is 1. The fraction of sp³-hybridized carbons (Fsp3) is 0. The summed E-state index contributed by atoms with van der Waals surface area (Å²) in [5.41, 5.74) is -0.855. The molecule has 20 heavy (non-hydrogen) atoms. The van der Waals surface area contributed by atoms with E-state index in [1.807, 2.05) is 6.07 Å².